The number of nitro groups is 1. The fourth-order valence-electron chi connectivity index (χ4n) is 3.08. The number of likely N-dealkylation sites (tertiary alicyclic amines) is 1. The van der Waals surface area contributed by atoms with Gasteiger partial charge in [0.1, 0.15) is 10.6 Å². The Hall–Kier alpha value is -2.42. The number of aromatic nitrogens is 2. The van der Waals surface area contributed by atoms with Crippen molar-refractivity contribution < 1.29 is 14.5 Å². The molecule has 1 amide bonds. The first-order chi connectivity index (χ1) is 13.2. The van der Waals surface area contributed by atoms with Crippen molar-refractivity contribution in [2.75, 3.05) is 12.3 Å². The first-order valence-electron chi connectivity index (χ1n) is 9.26. The summed E-state index contributed by atoms with van der Waals surface area (Å²) in [4.78, 5) is 33.6. The number of thioether (sulfide) groups is 1. The Morgan fingerprint density at radius 1 is 1.36 bits per heavy atom. The second-order valence-electron chi connectivity index (χ2n) is 7.77. The number of fused-ring (bicyclic) bond motifs is 1. The number of amides is 1. The average molecular weight is 404 g/mol. The van der Waals surface area contributed by atoms with Crippen molar-refractivity contribution in [2.45, 2.75) is 56.7 Å². The molecule has 150 valence electrons. The van der Waals surface area contributed by atoms with Gasteiger partial charge in [-0.15, -0.1) is 11.8 Å². The highest BCUT2D eigenvalue weighted by molar-refractivity contribution is 7.99. The lowest BCUT2D eigenvalue weighted by Gasteiger charge is -2.36. The molecule has 2 aromatic rings. The molecule has 1 aliphatic rings. The van der Waals surface area contributed by atoms with Gasteiger partial charge in [-0.1, -0.05) is 0 Å². The van der Waals surface area contributed by atoms with Crippen LogP contribution in [0.1, 0.15) is 40.0 Å². The predicted molar refractivity (Wildman–Crippen MR) is 107 cm³/mol. The van der Waals surface area contributed by atoms with Gasteiger partial charge in [-0.2, -0.15) is 0 Å². The fraction of sp³-hybridized carbons (Fsp3) is 0.526. The number of carbonyl (C=O) groups is 1. The van der Waals surface area contributed by atoms with E-state index >= 15 is 0 Å². The molecule has 1 aromatic heterocycles. The lowest BCUT2D eigenvalue weighted by molar-refractivity contribution is -0.384. The van der Waals surface area contributed by atoms with Gasteiger partial charge < -0.3 is 9.64 Å². The number of non-ortho nitro benzene ring substituents is 1. The van der Waals surface area contributed by atoms with Gasteiger partial charge in [-0.25, -0.2) is 9.78 Å². The molecule has 1 atom stereocenters. The first kappa shape index (κ1) is 20.3. The standard InChI is InChI=1S/C19H24N4O4S/c1-19(2,3)27-18(24)22-9-5-4-6-14(22)12-28-17-11-20-16-10-13(23(25)26)7-8-15(16)21-17/h7-8,10-11,14H,4-6,9,12H2,1-3H3. The molecule has 0 N–H and O–H groups in total. The highest BCUT2D eigenvalue weighted by Gasteiger charge is 2.30. The lowest BCUT2D eigenvalue weighted by Crippen LogP contribution is -2.47. The van der Waals surface area contributed by atoms with Crippen molar-refractivity contribution in [1.29, 1.82) is 0 Å². The van der Waals surface area contributed by atoms with Crippen LogP contribution in [0.15, 0.2) is 29.4 Å². The Kier molecular flexibility index (Phi) is 6.02. The molecule has 0 spiro atoms. The Labute approximate surface area is 167 Å². The molecule has 9 heteroatoms. The van der Waals surface area contributed by atoms with Crippen LogP contribution in [0.4, 0.5) is 10.5 Å². The third-order valence-electron chi connectivity index (χ3n) is 4.39. The monoisotopic (exact) mass is 404 g/mol. The van der Waals surface area contributed by atoms with E-state index in [0.717, 1.165) is 24.3 Å². The average Bonchev–Trinajstić information content (AvgIpc) is 2.64. The van der Waals surface area contributed by atoms with Gasteiger partial charge >= 0.3 is 6.09 Å². The van der Waals surface area contributed by atoms with Crippen LogP contribution in [0, 0.1) is 10.1 Å². The van der Waals surface area contributed by atoms with Crippen LogP contribution in [0.25, 0.3) is 11.0 Å². The topological polar surface area (TPSA) is 98.5 Å². The molecule has 0 aliphatic carbocycles. The Bertz CT molecular complexity index is 884. The third kappa shape index (κ3) is 5.09. The second-order valence-corrected chi connectivity index (χ2v) is 8.81. The quantitative estimate of drug-likeness (QED) is 0.422. The second kappa shape index (κ2) is 8.30. The van der Waals surface area contributed by atoms with E-state index in [0.29, 0.717) is 23.3 Å². The molecule has 1 unspecified atom stereocenters. The van der Waals surface area contributed by atoms with Gasteiger partial charge in [-0.3, -0.25) is 15.1 Å². The Morgan fingerprint density at radius 2 is 2.14 bits per heavy atom. The molecule has 0 bridgehead atoms. The summed E-state index contributed by atoms with van der Waals surface area (Å²) in [5.41, 5.74) is 0.589. The summed E-state index contributed by atoms with van der Waals surface area (Å²) in [6.45, 7) is 6.31. The minimum atomic E-state index is -0.515. The SMILES string of the molecule is CC(C)(C)OC(=O)N1CCCCC1CSc1cnc2cc([N+](=O)[O-])ccc2n1. The van der Waals surface area contributed by atoms with E-state index in [4.69, 9.17) is 4.74 Å². The number of nitrogens with zero attached hydrogens (tertiary/aromatic N) is 4. The van der Waals surface area contributed by atoms with Crippen LogP contribution in [-0.4, -0.2) is 49.8 Å². The fourth-order valence-corrected chi connectivity index (χ4v) is 4.08. The highest BCUT2D eigenvalue weighted by Crippen LogP contribution is 2.27. The molecule has 3 rings (SSSR count). The summed E-state index contributed by atoms with van der Waals surface area (Å²) in [5, 5.41) is 11.6. The van der Waals surface area contributed by atoms with Crippen molar-refractivity contribution in [2.24, 2.45) is 0 Å². The van der Waals surface area contributed by atoms with Crippen molar-refractivity contribution in [1.82, 2.24) is 14.9 Å². The number of carbonyl (C=O) groups excluding carboxylic acids is 1. The largest absolute Gasteiger partial charge is 0.444 e. The third-order valence-corrected chi connectivity index (χ3v) is 5.44. The first-order valence-corrected chi connectivity index (χ1v) is 10.2. The smallest absolute Gasteiger partial charge is 0.410 e. The molecule has 0 saturated carbocycles. The van der Waals surface area contributed by atoms with E-state index < -0.39 is 10.5 Å². The number of hydrogen-bond donors (Lipinski definition) is 0. The van der Waals surface area contributed by atoms with E-state index in [1.54, 1.807) is 12.3 Å². The molecule has 1 aliphatic heterocycles. The molecule has 0 radical (unpaired) electrons. The van der Waals surface area contributed by atoms with Crippen LogP contribution in [-0.2, 0) is 4.74 Å². The number of hydrogen-bond acceptors (Lipinski definition) is 7. The van der Waals surface area contributed by atoms with E-state index in [1.165, 1.54) is 23.9 Å². The minimum Gasteiger partial charge on any atom is -0.444 e. The number of piperidine rings is 1. The summed E-state index contributed by atoms with van der Waals surface area (Å²) in [6, 6.07) is 4.54. The van der Waals surface area contributed by atoms with E-state index in [2.05, 4.69) is 9.97 Å². The summed E-state index contributed by atoms with van der Waals surface area (Å²) in [6.07, 6.45) is 4.35. The molecular weight excluding hydrogens is 380 g/mol. The van der Waals surface area contributed by atoms with Gasteiger partial charge in [0, 0.05) is 30.5 Å². The van der Waals surface area contributed by atoms with E-state index in [1.807, 2.05) is 25.7 Å². The number of benzene rings is 1. The summed E-state index contributed by atoms with van der Waals surface area (Å²) < 4.78 is 5.54. The van der Waals surface area contributed by atoms with Crippen molar-refractivity contribution in [3.05, 3.63) is 34.5 Å². The maximum absolute atomic E-state index is 12.5. The van der Waals surface area contributed by atoms with Gasteiger partial charge in [0.05, 0.1) is 22.2 Å². The molecule has 2 heterocycles. The molecule has 1 saturated heterocycles. The summed E-state index contributed by atoms with van der Waals surface area (Å²) in [7, 11) is 0. The minimum absolute atomic E-state index is 0.00240. The zero-order chi connectivity index (χ0) is 20.3. The summed E-state index contributed by atoms with van der Waals surface area (Å²) in [5.74, 6) is 0.701. The number of ether oxygens (including phenoxy) is 1. The van der Waals surface area contributed by atoms with Gasteiger partial charge in [0.2, 0.25) is 0 Å². The maximum atomic E-state index is 12.5. The van der Waals surface area contributed by atoms with E-state index in [-0.39, 0.29) is 17.8 Å². The zero-order valence-corrected chi connectivity index (χ0v) is 17.1. The normalized spacial score (nSPS) is 17.5. The Morgan fingerprint density at radius 3 is 2.86 bits per heavy atom. The van der Waals surface area contributed by atoms with Crippen molar-refractivity contribution in [3.63, 3.8) is 0 Å². The molecule has 28 heavy (non-hydrogen) atoms. The van der Waals surface area contributed by atoms with Crippen LogP contribution in [0.3, 0.4) is 0 Å². The van der Waals surface area contributed by atoms with E-state index in [9.17, 15) is 14.9 Å². The van der Waals surface area contributed by atoms with Crippen LogP contribution < -0.4 is 0 Å². The number of rotatable bonds is 4. The van der Waals surface area contributed by atoms with Crippen molar-refractivity contribution in [3.8, 4) is 0 Å². The zero-order valence-electron chi connectivity index (χ0n) is 16.3. The molecule has 1 aromatic carbocycles. The predicted octanol–water partition coefficient (Wildman–Crippen LogP) is 4.42. The van der Waals surface area contributed by atoms with Gasteiger partial charge in [0.15, 0.2) is 0 Å². The van der Waals surface area contributed by atoms with Crippen molar-refractivity contribution >= 4 is 34.6 Å². The molecule has 1 fully saturated rings. The van der Waals surface area contributed by atoms with Gasteiger partial charge in [0.25, 0.3) is 5.69 Å². The number of nitro benzene ring substituents is 1. The summed E-state index contributed by atoms with van der Waals surface area (Å²) >= 11 is 1.53. The Balaban J connectivity index is 1.68. The highest BCUT2D eigenvalue weighted by atomic mass is 32.2. The van der Waals surface area contributed by atoms with Crippen LogP contribution >= 0.6 is 11.8 Å². The van der Waals surface area contributed by atoms with Crippen LogP contribution in [0.5, 0.6) is 0 Å². The maximum Gasteiger partial charge on any atom is 0.410 e. The molecular formula is C19H24N4O4S. The van der Waals surface area contributed by atoms with Crippen LogP contribution in [0.2, 0.25) is 0 Å². The van der Waals surface area contributed by atoms with Gasteiger partial charge in [-0.05, 0) is 46.1 Å². The lowest BCUT2D eigenvalue weighted by atomic mass is 10.0. The molecule has 8 nitrogen and oxygen atoms in total.